The molecule has 170 valence electrons. The molecule has 33 heavy (non-hydrogen) atoms. The van der Waals surface area contributed by atoms with E-state index in [2.05, 4.69) is 15.3 Å². The Bertz CT molecular complexity index is 1120. The molecule has 0 radical (unpaired) electrons. The van der Waals surface area contributed by atoms with Crippen LogP contribution in [0.15, 0.2) is 67.0 Å². The fourth-order valence-corrected chi connectivity index (χ4v) is 4.89. The zero-order chi connectivity index (χ0) is 22.7. The number of anilines is 2. The van der Waals surface area contributed by atoms with E-state index in [4.69, 9.17) is 4.74 Å². The summed E-state index contributed by atoms with van der Waals surface area (Å²) < 4.78 is 19.6. The van der Waals surface area contributed by atoms with Crippen molar-refractivity contribution >= 4 is 17.5 Å². The third-order valence-electron chi connectivity index (χ3n) is 6.68. The van der Waals surface area contributed by atoms with Crippen LogP contribution in [0.3, 0.4) is 0 Å². The molecule has 2 fully saturated rings. The summed E-state index contributed by atoms with van der Waals surface area (Å²) >= 11 is 0. The van der Waals surface area contributed by atoms with Gasteiger partial charge in [0.05, 0.1) is 12.7 Å². The van der Waals surface area contributed by atoms with Crippen LogP contribution in [-0.4, -0.2) is 46.6 Å². The SMILES string of the molecule is O=C(c1cccc(Nc2ncccn2)c1)N1CCC2(CC1)CO[C@@H](Cc1cccc(F)c1)C2. The number of rotatable bonds is 5. The maximum absolute atomic E-state index is 13.5. The molecular formula is C26H27FN4O2. The van der Waals surface area contributed by atoms with E-state index in [0.29, 0.717) is 31.2 Å². The average Bonchev–Trinajstić information content (AvgIpc) is 3.21. The predicted octanol–water partition coefficient (Wildman–Crippen LogP) is 4.61. The third kappa shape index (κ3) is 5.03. The molecule has 7 heteroatoms. The van der Waals surface area contributed by atoms with Crippen molar-refractivity contribution in [3.05, 3.63) is 83.9 Å². The largest absolute Gasteiger partial charge is 0.377 e. The van der Waals surface area contributed by atoms with E-state index in [0.717, 1.165) is 36.9 Å². The number of benzene rings is 2. The monoisotopic (exact) mass is 446 g/mol. The van der Waals surface area contributed by atoms with E-state index in [-0.39, 0.29) is 23.2 Å². The summed E-state index contributed by atoms with van der Waals surface area (Å²) in [7, 11) is 0. The maximum atomic E-state index is 13.5. The number of hydrogen-bond acceptors (Lipinski definition) is 5. The lowest BCUT2D eigenvalue weighted by atomic mass is 9.76. The Morgan fingerprint density at radius 3 is 2.67 bits per heavy atom. The number of nitrogens with one attached hydrogen (secondary N) is 1. The van der Waals surface area contributed by atoms with Crippen molar-refractivity contribution < 1.29 is 13.9 Å². The van der Waals surface area contributed by atoms with Gasteiger partial charge in [-0.3, -0.25) is 4.79 Å². The number of likely N-dealkylation sites (tertiary alicyclic amines) is 1. The van der Waals surface area contributed by atoms with Crippen LogP contribution in [0.25, 0.3) is 0 Å². The predicted molar refractivity (Wildman–Crippen MR) is 124 cm³/mol. The highest BCUT2D eigenvalue weighted by molar-refractivity contribution is 5.95. The zero-order valence-corrected chi connectivity index (χ0v) is 18.4. The van der Waals surface area contributed by atoms with E-state index in [1.165, 1.54) is 6.07 Å². The van der Waals surface area contributed by atoms with Crippen LogP contribution in [0.4, 0.5) is 16.0 Å². The lowest BCUT2D eigenvalue weighted by Crippen LogP contribution is -2.43. The van der Waals surface area contributed by atoms with Crippen molar-refractivity contribution in [3.8, 4) is 0 Å². The molecule has 1 aromatic heterocycles. The van der Waals surface area contributed by atoms with Crippen LogP contribution in [-0.2, 0) is 11.2 Å². The van der Waals surface area contributed by atoms with Crippen molar-refractivity contribution in [3.63, 3.8) is 0 Å². The van der Waals surface area contributed by atoms with E-state index in [1.807, 2.05) is 35.2 Å². The number of piperidine rings is 1. The summed E-state index contributed by atoms with van der Waals surface area (Å²) in [6.07, 6.45) is 6.99. The second kappa shape index (κ2) is 9.27. The fourth-order valence-electron chi connectivity index (χ4n) is 4.89. The molecule has 2 aromatic carbocycles. The first-order chi connectivity index (χ1) is 16.1. The lowest BCUT2D eigenvalue weighted by molar-refractivity contribution is 0.0496. The first kappa shape index (κ1) is 21.5. The molecule has 0 aliphatic carbocycles. The average molecular weight is 447 g/mol. The Kier molecular flexibility index (Phi) is 6.05. The summed E-state index contributed by atoms with van der Waals surface area (Å²) in [6.45, 7) is 2.15. The summed E-state index contributed by atoms with van der Waals surface area (Å²) in [5.74, 6) is 0.330. The number of nitrogens with zero attached hydrogens (tertiary/aromatic N) is 3. The standard InChI is InChI=1S/C26H27FN4O2/c27-21-6-1-4-19(14-21)15-23-17-26(18-33-23)8-12-31(13-9-26)24(32)20-5-2-7-22(16-20)30-25-28-10-3-11-29-25/h1-7,10-11,14,16,23H,8-9,12-13,15,17-18H2,(H,28,29,30)/t23-/m0/s1. The van der Waals surface area contributed by atoms with Crippen LogP contribution in [0, 0.1) is 11.2 Å². The van der Waals surface area contributed by atoms with E-state index < -0.39 is 0 Å². The molecule has 1 atom stereocenters. The van der Waals surface area contributed by atoms with Crippen LogP contribution in [0.1, 0.15) is 35.2 Å². The van der Waals surface area contributed by atoms with Gasteiger partial charge in [-0.25, -0.2) is 14.4 Å². The molecule has 1 spiro atoms. The molecule has 6 nitrogen and oxygen atoms in total. The van der Waals surface area contributed by atoms with Crippen LogP contribution < -0.4 is 5.32 Å². The van der Waals surface area contributed by atoms with E-state index in [9.17, 15) is 9.18 Å². The van der Waals surface area contributed by atoms with Crippen molar-refractivity contribution in [1.29, 1.82) is 0 Å². The minimum absolute atomic E-state index is 0.0395. The zero-order valence-electron chi connectivity index (χ0n) is 18.4. The molecule has 2 aliphatic heterocycles. The Balaban J connectivity index is 1.17. The number of halogens is 1. The number of carbonyl (C=O) groups is 1. The van der Waals surface area contributed by atoms with Gasteiger partial charge in [0.2, 0.25) is 5.95 Å². The van der Waals surface area contributed by atoms with Gasteiger partial charge in [-0.1, -0.05) is 18.2 Å². The first-order valence-electron chi connectivity index (χ1n) is 11.4. The van der Waals surface area contributed by atoms with Gasteiger partial charge >= 0.3 is 0 Å². The maximum Gasteiger partial charge on any atom is 0.253 e. The first-order valence-corrected chi connectivity index (χ1v) is 11.4. The number of carbonyl (C=O) groups excluding carboxylic acids is 1. The van der Waals surface area contributed by atoms with E-state index in [1.54, 1.807) is 30.6 Å². The Labute approximate surface area is 192 Å². The quantitative estimate of drug-likeness (QED) is 0.620. The molecule has 2 aliphatic rings. The molecule has 2 saturated heterocycles. The van der Waals surface area contributed by atoms with Crippen LogP contribution in [0.5, 0.6) is 0 Å². The van der Waals surface area contributed by atoms with Gasteiger partial charge in [-0.2, -0.15) is 0 Å². The molecule has 3 aromatic rings. The highest BCUT2D eigenvalue weighted by Crippen LogP contribution is 2.43. The Hall–Kier alpha value is -3.32. The van der Waals surface area contributed by atoms with Crippen molar-refractivity contribution in [1.82, 2.24) is 14.9 Å². The summed E-state index contributed by atoms with van der Waals surface area (Å²) in [5.41, 5.74) is 2.52. The van der Waals surface area contributed by atoms with Crippen molar-refractivity contribution in [2.24, 2.45) is 5.41 Å². The molecule has 1 amide bonds. The summed E-state index contributed by atoms with van der Waals surface area (Å²) in [5, 5.41) is 3.14. The van der Waals surface area contributed by atoms with Crippen LogP contribution >= 0.6 is 0 Å². The van der Waals surface area contributed by atoms with E-state index >= 15 is 0 Å². The van der Waals surface area contributed by atoms with Crippen molar-refractivity contribution in [2.75, 3.05) is 25.0 Å². The topological polar surface area (TPSA) is 67.4 Å². The molecule has 1 N–H and O–H groups in total. The summed E-state index contributed by atoms with van der Waals surface area (Å²) in [6, 6.07) is 16.0. The van der Waals surface area contributed by atoms with Gasteiger partial charge in [0.25, 0.3) is 5.91 Å². The number of amides is 1. The lowest BCUT2D eigenvalue weighted by Gasteiger charge is -2.38. The molecule has 0 unspecified atom stereocenters. The highest BCUT2D eigenvalue weighted by atomic mass is 19.1. The Morgan fingerprint density at radius 2 is 1.88 bits per heavy atom. The van der Waals surface area contributed by atoms with Gasteiger partial charge in [0.15, 0.2) is 0 Å². The Morgan fingerprint density at radius 1 is 1.09 bits per heavy atom. The normalized spacial score (nSPS) is 19.5. The van der Waals surface area contributed by atoms with Gasteiger partial charge in [-0.15, -0.1) is 0 Å². The number of ether oxygens (including phenoxy) is 1. The molecule has 5 rings (SSSR count). The number of aromatic nitrogens is 2. The van der Waals surface area contributed by atoms with Gasteiger partial charge in [0, 0.05) is 36.7 Å². The molecule has 3 heterocycles. The number of hydrogen-bond donors (Lipinski definition) is 1. The summed E-state index contributed by atoms with van der Waals surface area (Å²) in [4.78, 5) is 23.4. The minimum Gasteiger partial charge on any atom is -0.377 e. The smallest absolute Gasteiger partial charge is 0.253 e. The highest BCUT2D eigenvalue weighted by Gasteiger charge is 2.43. The van der Waals surface area contributed by atoms with Gasteiger partial charge < -0.3 is 15.0 Å². The molecule has 0 saturated carbocycles. The minimum atomic E-state index is -0.206. The second-order valence-electron chi connectivity index (χ2n) is 9.04. The van der Waals surface area contributed by atoms with Gasteiger partial charge in [0.1, 0.15) is 5.82 Å². The molecule has 0 bridgehead atoms. The van der Waals surface area contributed by atoms with Gasteiger partial charge in [-0.05, 0) is 73.1 Å². The van der Waals surface area contributed by atoms with Crippen LogP contribution in [0.2, 0.25) is 0 Å². The second-order valence-corrected chi connectivity index (χ2v) is 9.04. The molecular weight excluding hydrogens is 419 g/mol. The fraction of sp³-hybridized carbons (Fsp3) is 0.346. The third-order valence-corrected chi connectivity index (χ3v) is 6.68. The van der Waals surface area contributed by atoms with Crippen molar-refractivity contribution in [2.45, 2.75) is 31.8 Å².